The van der Waals surface area contributed by atoms with Crippen LogP contribution in [-0.2, 0) is 12.8 Å². The fourth-order valence-corrected chi connectivity index (χ4v) is 5.44. The summed E-state index contributed by atoms with van der Waals surface area (Å²) >= 11 is 1.85. The predicted octanol–water partition coefficient (Wildman–Crippen LogP) is 3.95. The third-order valence-corrected chi connectivity index (χ3v) is 6.61. The molecule has 1 fully saturated rings. The van der Waals surface area contributed by atoms with Gasteiger partial charge in [-0.05, 0) is 56.0 Å². The molecule has 0 N–H and O–H groups in total. The summed E-state index contributed by atoms with van der Waals surface area (Å²) in [5.74, 6) is 1.79. The molecule has 0 amide bonds. The number of nitrogens with zero attached hydrogens (tertiary/aromatic N) is 4. The van der Waals surface area contributed by atoms with Crippen molar-refractivity contribution in [1.29, 1.82) is 0 Å². The first kappa shape index (κ1) is 16.0. The van der Waals surface area contributed by atoms with Gasteiger partial charge in [-0.2, -0.15) is 0 Å². The number of halogens is 1. The molecule has 3 heterocycles. The largest absolute Gasteiger partial charge is 0.368 e. The summed E-state index contributed by atoms with van der Waals surface area (Å²) in [4.78, 5) is 16.9. The molecular weight excluding hydrogens is 347 g/mol. The SMILES string of the molecule is Cc1nc(N2CCN(c3ccc(F)cc3)CC2)c2c3c(sc2n1)CCC3. The number of piperazine rings is 1. The zero-order valence-corrected chi connectivity index (χ0v) is 15.7. The third-order valence-electron chi connectivity index (χ3n) is 5.43. The van der Waals surface area contributed by atoms with Crippen LogP contribution in [0.2, 0.25) is 0 Å². The molecule has 1 aliphatic heterocycles. The highest BCUT2D eigenvalue weighted by atomic mass is 32.1. The molecule has 0 bridgehead atoms. The number of hydrogen-bond donors (Lipinski definition) is 0. The summed E-state index contributed by atoms with van der Waals surface area (Å²) in [5, 5.41) is 1.29. The lowest BCUT2D eigenvalue weighted by Gasteiger charge is -2.37. The first-order valence-electron chi connectivity index (χ1n) is 9.23. The van der Waals surface area contributed by atoms with E-state index in [2.05, 4.69) is 9.80 Å². The molecule has 0 unspecified atom stereocenters. The van der Waals surface area contributed by atoms with Gasteiger partial charge in [0.25, 0.3) is 0 Å². The summed E-state index contributed by atoms with van der Waals surface area (Å²) in [6.07, 6.45) is 3.60. The van der Waals surface area contributed by atoms with Crippen LogP contribution >= 0.6 is 11.3 Å². The zero-order valence-electron chi connectivity index (χ0n) is 14.8. The second kappa shape index (κ2) is 6.20. The fourth-order valence-electron chi connectivity index (χ4n) is 4.14. The Bertz CT molecular complexity index is 958. The topological polar surface area (TPSA) is 32.3 Å². The highest BCUT2D eigenvalue weighted by molar-refractivity contribution is 7.19. The van der Waals surface area contributed by atoms with Crippen LogP contribution in [0.15, 0.2) is 24.3 Å². The Morgan fingerprint density at radius 1 is 0.962 bits per heavy atom. The maximum absolute atomic E-state index is 13.2. The van der Waals surface area contributed by atoms with E-state index in [9.17, 15) is 4.39 Å². The maximum atomic E-state index is 13.2. The van der Waals surface area contributed by atoms with Gasteiger partial charge in [0.1, 0.15) is 22.3 Å². The molecule has 1 saturated heterocycles. The van der Waals surface area contributed by atoms with Gasteiger partial charge >= 0.3 is 0 Å². The molecule has 5 rings (SSSR count). The molecular formula is C20H21FN4S. The lowest BCUT2D eigenvalue weighted by molar-refractivity contribution is 0.624. The van der Waals surface area contributed by atoms with Crippen LogP contribution in [0.25, 0.3) is 10.2 Å². The van der Waals surface area contributed by atoms with Crippen molar-refractivity contribution in [2.24, 2.45) is 0 Å². The zero-order chi connectivity index (χ0) is 17.7. The van der Waals surface area contributed by atoms with Crippen LogP contribution in [0.3, 0.4) is 0 Å². The van der Waals surface area contributed by atoms with Crippen LogP contribution in [-0.4, -0.2) is 36.1 Å². The minimum absolute atomic E-state index is 0.183. The number of aryl methyl sites for hydroxylation is 3. The fraction of sp³-hybridized carbons (Fsp3) is 0.400. The van der Waals surface area contributed by atoms with E-state index < -0.39 is 0 Å². The molecule has 1 aromatic carbocycles. The number of fused-ring (bicyclic) bond motifs is 3. The van der Waals surface area contributed by atoms with Crippen molar-refractivity contribution < 1.29 is 4.39 Å². The number of aromatic nitrogens is 2. The Balaban J connectivity index is 1.44. The number of benzene rings is 1. The van der Waals surface area contributed by atoms with Gasteiger partial charge in [0.05, 0.1) is 5.39 Å². The van der Waals surface area contributed by atoms with Crippen molar-refractivity contribution in [1.82, 2.24) is 9.97 Å². The van der Waals surface area contributed by atoms with E-state index in [0.29, 0.717) is 0 Å². The molecule has 4 nitrogen and oxygen atoms in total. The molecule has 134 valence electrons. The van der Waals surface area contributed by atoms with Crippen molar-refractivity contribution in [2.75, 3.05) is 36.0 Å². The molecule has 1 aliphatic carbocycles. The van der Waals surface area contributed by atoms with E-state index in [1.807, 2.05) is 30.4 Å². The van der Waals surface area contributed by atoms with Crippen LogP contribution in [0.5, 0.6) is 0 Å². The third kappa shape index (κ3) is 2.63. The van der Waals surface area contributed by atoms with E-state index in [4.69, 9.17) is 9.97 Å². The van der Waals surface area contributed by atoms with Crippen LogP contribution in [0.1, 0.15) is 22.7 Å². The number of anilines is 2. The van der Waals surface area contributed by atoms with Gasteiger partial charge in [0, 0.05) is 36.7 Å². The Hall–Kier alpha value is -2.21. The van der Waals surface area contributed by atoms with Crippen molar-refractivity contribution in [3.63, 3.8) is 0 Å². The first-order valence-corrected chi connectivity index (χ1v) is 10.0. The molecule has 0 radical (unpaired) electrons. The van der Waals surface area contributed by atoms with E-state index in [-0.39, 0.29) is 5.82 Å². The average molecular weight is 368 g/mol. The molecule has 2 aliphatic rings. The van der Waals surface area contributed by atoms with Crippen LogP contribution in [0, 0.1) is 12.7 Å². The standard InChI is InChI=1S/C20H21FN4S/c1-13-22-19(18-16-3-2-4-17(16)26-20(18)23-13)25-11-9-24(10-12-25)15-7-5-14(21)6-8-15/h5-8H,2-4,9-12H2,1H3. The Kier molecular flexibility index (Phi) is 3.81. The lowest BCUT2D eigenvalue weighted by atomic mass is 10.1. The van der Waals surface area contributed by atoms with E-state index in [0.717, 1.165) is 54.8 Å². The van der Waals surface area contributed by atoms with Gasteiger partial charge in [-0.25, -0.2) is 14.4 Å². The van der Waals surface area contributed by atoms with Crippen molar-refractivity contribution in [3.05, 3.63) is 46.3 Å². The monoisotopic (exact) mass is 368 g/mol. The van der Waals surface area contributed by atoms with Gasteiger partial charge < -0.3 is 9.80 Å². The number of thiophene rings is 1. The quantitative estimate of drug-likeness (QED) is 0.685. The summed E-state index contributed by atoms with van der Waals surface area (Å²) in [5.41, 5.74) is 2.58. The number of hydrogen-bond acceptors (Lipinski definition) is 5. The van der Waals surface area contributed by atoms with Gasteiger partial charge in [-0.3, -0.25) is 0 Å². The Morgan fingerprint density at radius 3 is 2.46 bits per heavy atom. The highest BCUT2D eigenvalue weighted by Crippen LogP contribution is 2.40. The van der Waals surface area contributed by atoms with Gasteiger partial charge in [-0.1, -0.05) is 0 Å². The molecule has 0 atom stereocenters. The van der Waals surface area contributed by atoms with Gasteiger partial charge in [0.15, 0.2) is 0 Å². The molecule has 2 aromatic heterocycles. The van der Waals surface area contributed by atoms with Crippen molar-refractivity contribution >= 4 is 33.1 Å². The summed E-state index contributed by atoms with van der Waals surface area (Å²) in [6.45, 7) is 5.68. The first-order chi connectivity index (χ1) is 12.7. The van der Waals surface area contributed by atoms with E-state index in [1.54, 1.807) is 0 Å². The predicted molar refractivity (Wildman–Crippen MR) is 105 cm³/mol. The van der Waals surface area contributed by atoms with E-state index >= 15 is 0 Å². The molecule has 3 aromatic rings. The maximum Gasteiger partial charge on any atom is 0.141 e. The van der Waals surface area contributed by atoms with E-state index in [1.165, 1.54) is 40.8 Å². The Labute approximate surface area is 156 Å². The van der Waals surface area contributed by atoms with Crippen LogP contribution < -0.4 is 9.80 Å². The van der Waals surface area contributed by atoms with Crippen LogP contribution in [0.4, 0.5) is 15.9 Å². The highest BCUT2D eigenvalue weighted by Gasteiger charge is 2.26. The van der Waals surface area contributed by atoms with Crippen molar-refractivity contribution in [2.45, 2.75) is 26.2 Å². The minimum Gasteiger partial charge on any atom is -0.368 e. The lowest BCUT2D eigenvalue weighted by Crippen LogP contribution is -2.47. The average Bonchev–Trinajstić information content (AvgIpc) is 3.22. The minimum atomic E-state index is -0.183. The second-order valence-corrected chi connectivity index (χ2v) is 8.17. The second-order valence-electron chi connectivity index (χ2n) is 7.08. The molecule has 0 spiro atoms. The van der Waals surface area contributed by atoms with Gasteiger partial charge in [0.2, 0.25) is 0 Å². The normalized spacial score (nSPS) is 17.2. The summed E-state index contributed by atoms with van der Waals surface area (Å²) in [7, 11) is 0. The Morgan fingerprint density at radius 2 is 1.69 bits per heavy atom. The smallest absolute Gasteiger partial charge is 0.141 e. The molecule has 6 heteroatoms. The summed E-state index contributed by atoms with van der Waals surface area (Å²) in [6, 6.07) is 6.80. The van der Waals surface area contributed by atoms with Gasteiger partial charge in [-0.15, -0.1) is 11.3 Å². The molecule has 26 heavy (non-hydrogen) atoms. The van der Waals surface area contributed by atoms with Crippen molar-refractivity contribution in [3.8, 4) is 0 Å². The number of rotatable bonds is 2. The summed E-state index contributed by atoms with van der Waals surface area (Å²) < 4.78 is 13.2. The molecule has 0 saturated carbocycles.